The van der Waals surface area contributed by atoms with Crippen molar-refractivity contribution >= 4 is 38.9 Å². The Bertz CT molecular complexity index is 3230. The van der Waals surface area contributed by atoms with E-state index in [0.717, 1.165) is 49.8 Å². The molecule has 0 saturated heterocycles. The standard InChI is InChI=1S/C60H50N4/c1-38-31-40(3)55(41(4)32-38)57(56-42(5)33-39(2)34-43(56)6)46-26-28-51(29-27-46)64(52-30-25-44-17-13-14-22-48(44)35-52)60-62-58(47-20-11-8-12-21-47)61-59(63-60)54-37-50-24-16-15-23-49(50)36-53(54)45-18-9-7-10-19-45/h7-37,57H,1-6H3. The van der Waals surface area contributed by atoms with Crippen molar-refractivity contribution in [3.05, 3.63) is 238 Å². The second kappa shape index (κ2) is 16.9. The van der Waals surface area contributed by atoms with E-state index in [-0.39, 0.29) is 5.92 Å². The predicted molar refractivity (Wildman–Crippen MR) is 268 cm³/mol. The van der Waals surface area contributed by atoms with Gasteiger partial charge in [-0.25, -0.2) is 4.98 Å². The minimum atomic E-state index is 0.0436. The molecule has 4 nitrogen and oxygen atoms in total. The fraction of sp³-hybridized carbons (Fsp3) is 0.117. The molecule has 0 radical (unpaired) electrons. The quantitative estimate of drug-likeness (QED) is 0.136. The number of benzene rings is 9. The summed E-state index contributed by atoms with van der Waals surface area (Å²) in [6, 6.07) is 67.3. The van der Waals surface area contributed by atoms with Crippen LogP contribution < -0.4 is 4.90 Å². The monoisotopic (exact) mass is 826 g/mol. The number of hydrogen-bond donors (Lipinski definition) is 0. The molecule has 0 amide bonds. The van der Waals surface area contributed by atoms with E-state index in [9.17, 15) is 0 Å². The molecule has 10 rings (SSSR count). The van der Waals surface area contributed by atoms with Crippen molar-refractivity contribution < 1.29 is 0 Å². The maximum atomic E-state index is 5.47. The molecular weight excluding hydrogens is 777 g/mol. The summed E-state index contributed by atoms with van der Waals surface area (Å²) < 4.78 is 0. The lowest BCUT2D eigenvalue weighted by Gasteiger charge is -2.28. The van der Waals surface area contributed by atoms with Gasteiger partial charge in [0.1, 0.15) is 0 Å². The summed E-state index contributed by atoms with van der Waals surface area (Å²) in [4.78, 5) is 18.3. The Kier molecular flexibility index (Phi) is 10.7. The Labute approximate surface area is 376 Å². The van der Waals surface area contributed by atoms with Gasteiger partial charge in [0.15, 0.2) is 11.6 Å². The van der Waals surface area contributed by atoms with Gasteiger partial charge in [0, 0.05) is 28.4 Å². The molecule has 0 fully saturated rings. The molecule has 310 valence electrons. The highest BCUT2D eigenvalue weighted by Crippen LogP contribution is 2.43. The SMILES string of the molecule is Cc1cc(C)c(C(c2ccc(N(c3ccc4ccccc4c3)c3nc(-c4ccccc4)nc(-c4cc5ccccc5cc4-c4ccccc4)n3)cc2)c2c(C)cc(C)cc2C)c(C)c1. The summed E-state index contributed by atoms with van der Waals surface area (Å²) in [7, 11) is 0. The van der Waals surface area contributed by atoms with E-state index >= 15 is 0 Å². The van der Waals surface area contributed by atoms with Crippen molar-refractivity contribution in [2.24, 2.45) is 0 Å². The van der Waals surface area contributed by atoms with Crippen LogP contribution in [0.2, 0.25) is 0 Å². The van der Waals surface area contributed by atoms with Gasteiger partial charge in [0.05, 0.1) is 0 Å². The molecule has 64 heavy (non-hydrogen) atoms. The Balaban J connectivity index is 1.21. The first-order valence-corrected chi connectivity index (χ1v) is 22.1. The first kappa shape index (κ1) is 40.4. The molecule has 0 spiro atoms. The van der Waals surface area contributed by atoms with Gasteiger partial charge in [-0.15, -0.1) is 0 Å². The molecule has 0 bridgehead atoms. The van der Waals surface area contributed by atoms with Crippen molar-refractivity contribution in [2.45, 2.75) is 47.5 Å². The Hall–Kier alpha value is -7.69. The van der Waals surface area contributed by atoms with Gasteiger partial charge in [-0.2, -0.15) is 9.97 Å². The van der Waals surface area contributed by atoms with Crippen LogP contribution in [0.4, 0.5) is 17.3 Å². The van der Waals surface area contributed by atoms with Crippen molar-refractivity contribution in [3.63, 3.8) is 0 Å². The average molecular weight is 827 g/mol. The maximum Gasteiger partial charge on any atom is 0.238 e. The van der Waals surface area contributed by atoms with Crippen LogP contribution in [0, 0.1) is 41.5 Å². The number of hydrogen-bond acceptors (Lipinski definition) is 4. The third-order valence-electron chi connectivity index (χ3n) is 12.6. The molecule has 0 aliphatic rings. The zero-order chi connectivity index (χ0) is 43.9. The topological polar surface area (TPSA) is 41.9 Å². The number of rotatable bonds is 9. The van der Waals surface area contributed by atoms with Crippen molar-refractivity contribution in [1.29, 1.82) is 0 Å². The second-order valence-corrected chi connectivity index (χ2v) is 17.3. The van der Waals surface area contributed by atoms with E-state index < -0.39 is 0 Å². The largest absolute Gasteiger partial charge is 0.279 e. The zero-order valence-corrected chi connectivity index (χ0v) is 37.3. The van der Waals surface area contributed by atoms with Crippen molar-refractivity contribution in [1.82, 2.24) is 15.0 Å². The summed E-state index contributed by atoms with van der Waals surface area (Å²) in [5, 5.41) is 4.58. The molecule has 1 aromatic heterocycles. The van der Waals surface area contributed by atoms with E-state index in [1.54, 1.807) is 0 Å². The van der Waals surface area contributed by atoms with Crippen molar-refractivity contribution in [3.8, 4) is 33.9 Å². The Morgan fingerprint density at radius 2 is 0.812 bits per heavy atom. The summed E-state index contributed by atoms with van der Waals surface area (Å²) in [5.74, 6) is 1.78. The van der Waals surface area contributed by atoms with E-state index in [1.807, 2.05) is 18.2 Å². The third-order valence-corrected chi connectivity index (χ3v) is 12.6. The molecule has 0 unspecified atom stereocenters. The molecule has 0 aliphatic heterocycles. The highest BCUT2D eigenvalue weighted by atomic mass is 15.3. The second-order valence-electron chi connectivity index (χ2n) is 17.3. The lowest BCUT2D eigenvalue weighted by atomic mass is 9.77. The summed E-state index contributed by atoms with van der Waals surface area (Å²) in [6.45, 7) is 13.4. The van der Waals surface area contributed by atoms with Crippen LogP contribution in [0.15, 0.2) is 188 Å². The van der Waals surface area contributed by atoms with Gasteiger partial charge in [-0.3, -0.25) is 4.90 Å². The van der Waals surface area contributed by atoms with Crippen LogP contribution in [-0.2, 0) is 0 Å². The number of aromatic nitrogens is 3. The molecule has 0 saturated carbocycles. The van der Waals surface area contributed by atoms with Gasteiger partial charge in [0.2, 0.25) is 5.95 Å². The normalized spacial score (nSPS) is 11.4. The Morgan fingerprint density at radius 1 is 0.359 bits per heavy atom. The minimum absolute atomic E-state index is 0.0436. The molecule has 0 N–H and O–H groups in total. The van der Waals surface area contributed by atoms with Crippen LogP contribution in [-0.4, -0.2) is 15.0 Å². The zero-order valence-electron chi connectivity index (χ0n) is 37.3. The van der Waals surface area contributed by atoms with Crippen LogP contribution >= 0.6 is 0 Å². The van der Waals surface area contributed by atoms with Gasteiger partial charge in [0.25, 0.3) is 0 Å². The van der Waals surface area contributed by atoms with E-state index in [1.165, 1.54) is 55.5 Å². The van der Waals surface area contributed by atoms with Gasteiger partial charge < -0.3 is 0 Å². The van der Waals surface area contributed by atoms with E-state index in [4.69, 9.17) is 15.0 Å². The highest BCUT2D eigenvalue weighted by molar-refractivity contribution is 5.96. The smallest absolute Gasteiger partial charge is 0.238 e. The Morgan fingerprint density at radius 3 is 1.38 bits per heavy atom. The third kappa shape index (κ3) is 7.73. The van der Waals surface area contributed by atoms with E-state index in [0.29, 0.717) is 17.6 Å². The molecular formula is C60H50N4. The van der Waals surface area contributed by atoms with E-state index in [2.05, 4.69) is 216 Å². The van der Waals surface area contributed by atoms with Crippen LogP contribution in [0.1, 0.15) is 56.0 Å². The molecule has 10 aromatic rings. The van der Waals surface area contributed by atoms with Crippen LogP contribution in [0.3, 0.4) is 0 Å². The first-order valence-electron chi connectivity index (χ1n) is 22.1. The first-order chi connectivity index (χ1) is 31.2. The number of aryl methyl sites for hydroxylation is 6. The number of anilines is 3. The number of nitrogens with zero attached hydrogens (tertiary/aromatic N) is 4. The van der Waals surface area contributed by atoms with Crippen molar-refractivity contribution in [2.75, 3.05) is 4.90 Å². The summed E-state index contributed by atoms with van der Waals surface area (Å²) in [6.07, 6.45) is 0. The van der Waals surface area contributed by atoms with Gasteiger partial charge >= 0.3 is 0 Å². The lowest BCUT2D eigenvalue weighted by molar-refractivity contribution is 0.919. The molecule has 0 atom stereocenters. The molecule has 9 aromatic carbocycles. The number of fused-ring (bicyclic) bond motifs is 2. The van der Waals surface area contributed by atoms with Gasteiger partial charge in [-0.05, 0) is 150 Å². The minimum Gasteiger partial charge on any atom is -0.279 e. The fourth-order valence-electron chi connectivity index (χ4n) is 9.87. The van der Waals surface area contributed by atoms with Crippen LogP contribution in [0.5, 0.6) is 0 Å². The lowest BCUT2D eigenvalue weighted by Crippen LogP contribution is -2.16. The molecule has 4 heteroatoms. The maximum absolute atomic E-state index is 5.47. The van der Waals surface area contributed by atoms with Crippen LogP contribution in [0.25, 0.3) is 55.4 Å². The molecule has 0 aliphatic carbocycles. The summed E-state index contributed by atoms with van der Waals surface area (Å²) >= 11 is 0. The average Bonchev–Trinajstić information content (AvgIpc) is 3.31. The highest BCUT2D eigenvalue weighted by Gasteiger charge is 2.26. The molecule has 1 heterocycles. The summed E-state index contributed by atoms with van der Waals surface area (Å²) in [5.41, 5.74) is 17.7. The van der Waals surface area contributed by atoms with Gasteiger partial charge in [-0.1, -0.05) is 163 Å². The predicted octanol–water partition coefficient (Wildman–Crippen LogP) is 15.7. The fourth-order valence-corrected chi connectivity index (χ4v) is 9.87.